The normalized spacial score (nSPS) is 17.6. The zero-order valence-electron chi connectivity index (χ0n) is 7.91. The first-order valence-electron chi connectivity index (χ1n) is 4.24. The lowest BCUT2D eigenvalue weighted by molar-refractivity contribution is 0.240. The van der Waals surface area contributed by atoms with Gasteiger partial charge in [-0.3, -0.25) is 0 Å². The van der Waals surface area contributed by atoms with E-state index in [0.29, 0.717) is 5.54 Å². The van der Waals surface area contributed by atoms with Gasteiger partial charge in [0.15, 0.2) is 0 Å². The molecule has 0 heterocycles. The van der Waals surface area contributed by atoms with Crippen molar-refractivity contribution in [2.24, 2.45) is 0 Å². The molecule has 68 valence electrons. The lowest BCUT2D eigenvalue weighted by Crippen LogP contribution is -2.42. The predicted octanol–water partition coefficient (Wildman–Crippen LogP) is 2.24. The number of hydrogen-bond acceptors (Lipinski definition) is 2. The number of allylic oxidation sites excluding steroid dienone is 4. The van der Waals surface area contributed by atoms with Gasteiger partial charge < -0.3 is 8.85 Å². The van der Waals surface area contributed by atoms with Crippen molar-refractivity contribution < 1.29 is 8.85 Å². The Morgan fingerprint density at radius 1 is 1.17 bits per heavy atom. The molecule has 0 aromatic carbocycles. The van der Waals surface area contributed by atoms with Crippen molar-refractivity contribution >= 4 is 8.56 Å². The van der Waals surface area contributed by atoms with Crippen molar-refractivity contribution in [1.29, 1.82) is 0 Å². The van der Waals surface area contributed by atoms with E-state index in [-0.39, 0.29) is 0 Å². The van der Waals surface area contributed by atoms with Crippen LogP contribution in [-0.2, 0) is 8.85 Å². The molecule has 0 N–H and O–H groups in total. The maximum Gasteiger partial charge on any atom is 0.348 e. The summed E-state index contributed by atoms with van der Waals surface area (Å²) in [6.45, 7) is 2.12. The molecule has 1 rings (SSSR count). The van der Waals surface area contributed by atoms with Crippen LogP contribution >= 0.6 is 0 Å². The summed E-state index contributed by atoms with van der Waals surface area (Å²) < 4.78 is 11.1. The van der Waals surface area contributed by atoms with E-state index in [0.717, 1.165) is 6.04 Å². The molecular formula is C9H16O2Si. The van der Waals surface area contributed by atoms with E-state index in [1.165, 1.54) is 0 Å². The van der Waals surface area contributed by atoms with Gasteiger partial charge in [-0.15, -0.1) is 0 Å². The van der Waals surface area contributed by atoms with Gasteiger partial charge in [0.25, 0.3) is 0 Å². The molecule has 0 fully saturated rings. The Balaban J connectivity index is 2.76. The third-order valence-corrected chi connectivity index (χ3v) is 6.21. The monoisotopic (exact) mass is 184 g/mol. The highest BCUT2D eigenvalue weighted by Gasteiger charge is 2.40. The van der Waals surface area contributed by atoms with Crippen molar-refractivity contribution in [2.75, 3.05) is 14.2 Å². The summed E-state index contributed by atoms with van der Waals surface area (Å²) in [4.78, 5) is 0. The van der Waals surface area contributed by atoms with Gasteiger partial charge in [-0.1, -0.05) is 31.2 Å². The molecule has 1 aliphatic rings. The van der Waals surface area contributed by atoms with Crippen molar-refractivity contribution in [1.82, 2.24) is 0 Å². The second-order valence-corrected chi connectivity index (χ2v) is 6.68. The summed E-state index contributed by atoms with van der Waals surface area (Å²) in [6, 6.07) is 0.985. The fourth-order valence-electron chi connectivity index (χ4n) is 1.60. The molecule has 0 spiro atoms. The number of hydrogen-bond donors (Lipinski definition) is 0. The molecule has 0 aromatic heterocycles. The highest BCUT2D eigenvalue weighted by molar-refractivity contribution is 6.70. The van der Waals surface area contributed by atoms with E-state index in [2.05, 4.69) is 31.2 Å². The molecule has 0 aromatic rings. The second-order valence-electron chi connectivity index (χ2n) is 2.87. The van der Waals surface area contributed by atoms with Crippen LogP contribution in [0.4, 0.5) is 0 Å². The van der Waals surface area contributed by atoms with Crippen molar-refractivity contribution in [2.45, 2.75) is 18.5 Å². The Hall–Kier alpha value is -0.383. The molecule has 0 radical (unpaired) electrons. The van der Waals surface area contributed by atoms with E-state index in [9.17, 15) is 0 Å². The van der Waals surface area contributed by atoms with Crippen LogP contribution in [-0.4, -0.2) is 22.8 Å². The van der Waals surface area contributed by atoms with Gasteiger partial charge in [-0.05, 0) is 6.04 Å². The van der Waals surface area contributed by atoms with Crippen LogP contribution in [0.15, 0.2) is 24.3 Å². The maximum absolute atomic E-state index is 5.53. The van der Waals surface area contributed by atoms with Gasteiger partial charge >= 0.3 is 8.56 Å². The SMILES string of the molecule is CC[Si](OC)(OC)C1C=CC=C1. The molecule has 0 bridgehead atoms. The molecule has 0 atom stereocenters. The third kappa shape index (κ3) is 1.53. The molecule has 0 saturated heterocycles. The topological polar surface area (TPSA) is 18.5 Å². The molecule has 12 heavy (non-hydrogen) atoms. The van der Waals surface area contributed by atoms with Gasteiger partial charge in [0, 0.05) is 19.8 Å². The van der Waals surface area contributed by atoms with Crippen molar-refractivity contribution in [3.8, 4) is 0 Å². The van der Waals surface area contributed by atoms with Crippen LogP contribution in [0.3, 0.4) is 0 Å². The molecule has 3 heteroatoms. The first-order valence-corrected chi connectivity index (χ1v) is 6.34. The maximum atomic E-state index is 5.53. The standard InChI is InChI=1S/C9H16O2Si/c1-4-12(10-2,11-3)9-7-5-6-8-9/h5-9H,4H2,1-3H3. The molecular weight excluding hydrogens is 168 g/mol. The summed E-state index contributed by atoms with van der Waals surface area (Å²) >= 11 is 0. The zero-order valence-corrected chi connectivity index (χ0v) is 8.91. The van der Waals surface area contributed by atoms with Crippen LogP contribution in [0.1, 0.15) is 6.92 Å². The molecule has 2 nitrogen and oxygen atoms in total. The average Bonchev–Trinajstić information content (AvgIpc) is 2.62. The summed E-state index contributed by atoms with van der Waals surface area (Å²) in [5.41, 5.74) is 0.387. The molecule has 1 aliphatic carbocycles. The summed E-state index contributed by atoms with van der Waals surface area (Å²) in [7, 11) is 1.54. The minimum absolute atomic E-state index is 0.387. The highest BCUT2D eigenvalue weighted by Crippen LogP contribution is 2.32. The second kappa shape index (κ2) is 4.03. The Morgan fingerprint density at radius 3 is 2.00 bits per heavy atom. The van der Waals surface area contributed by atoms with Gasteiger partial charge in [-0.25, -0.2) is 0 Å². The van der Waals surface area contributed by atoms with Crippen molar-refractivity contribution in [3.05, 3.63) is 24.3 Å². The fraction of sp³-hybridized carbons (Fsp3) is 0.556. The van der Waals surface area contributed by atoms with Crippen LogP contribution in [0.25, 0.3) is 0 Å². The smallest absolute Gasteiger partial charge is 0.348 e. The summed E-state index contributed by atoms with van der Waals surface area (Å²) in [5, 5.41) is 0. The molecule has 0 saturated carbocycles. The lowest BCUT2D eigenvalue weighted by atomic mass is 10.5. The van der Waals surface area contributed by atoms with E-state index >= 15 is 0 Å². The van der Waals surface area contributed by atoms with Crippen LogP contribution in [0.5, 0.6) is 0 Å². The van der Waals surface area contributed by atoms with E-state index in [1.807, 2.05) is 0 Å². The Labute approximate surface area is 75.1 Å². The van der Waals surface area contributed by atoms with Gasteiger partial charge in [0.05, 0.1) is 0 Å². The molecule has 0 amide bonds. The lowest BCUT2D eigenvalue weighted by Gasteiger charge is -2.29. The van der Waals surface area contributed by atoms with Crippen molar-refractivity contribution in [3.63, 3.8) is 0 Å². The van der Waals surface area contributed by atoms with Gasteiger partial charge in [0.1, 0.15) is 0 Å². The Bertz CT molecular complexity index is 174. The Morgan fingerprint density at radius 2 is 1.67 bits per heavy atom. The molecule has 0 aliphatic heterocycles. The third-order valence-electron chi connectivity index (χ3n) is 2.44. The van der Waals surface area contributed by atoms with Gasteiger partial charge in [0.2, 0.25) is 0 Å². The number of rotatable bonds is 4. The first-order chi connectivity index (χ1) is 5.79. The summed E-state index contributed by atoms with van der Waals surface area (Å²) in [6.07, 6.45) is 8.42. The Kier molecular flexibility index (Phi) is 3.26. The summed E-state index contributed by atoms with van der Waals surface area (Å²) in [5.74, 6) is 0. The van der Waals surface area contributed by atoms with E-state index in [4.69, 9.17) is 8.85 Å². The van der Waals surface area contributed by atoms with Gasteiger partial charge in [-0.2, -0.15) is 0 Å². The van der Waals surface area contributed by atoms with Crippen LogP contribution in [0, 0.1) is 0 Å². The minimum atomic E-state index is -1.96. The van der Waals surface area contributed by atoms with Crippen LogP contribution in [0.2, 0.25) is 11.6 Å². The predicted molar refractivity (Wildman–Crippen MR) is 52.3 cm³/mol. The minimum Gasteiger partial charge on any atom is -0.397 e. The highest BCUT2D eigenvalue weighted by atomic mass is 28.4. The van der Waals surface area contributed by atoms with E-state index in [1.54, 1.807) is 14.2 Å². The fourth-order valence-corrected chi connectivity index (χ4v) is 4.17. The largest absolute Gasteiger partial charge is 0.397 e. The first kappa shape index (κ1) is 9.70. The van der Waals surface area contributed by atoms with E-state index < -0.39 is 8.56 Å². The zero-order chi connectivity index (χ0) is 9.03. The quantitative estimate of drug-likeness (QED) is 0.624. The average molecular weight is 184 g/mol. The molecule has 0 unspecified atom stereocenters. The van der Waals surface area contributed by atoms with Crippen LogP contribution < -0.4 is 0 Å².